The molecule has 0 fully saturated rings. The zero-order chi connectivity index (χ0) is 13.1. The summed E-state index contributed by atoms with van der Waals surface area (Å²) in [5.41, 5.74) is 8.50. The second-order valence-corrected chi connectivity index (χ2v) is 4.21. The highest BCUT2D eigenvalue weighted by molar-refractivity contribution is 5.67. The van der Waals surface area contributed by atoms with Crippen molar-refractivity contribution in [3.8, 4) is 17.1 Å². The molecule has 2 N–H and O–H groups in total. The van der Waals surface area contributed by atoms with E-state index in [4.69, 9.17) is 15.0 Å². The molecule has 5 nitrogen and oxygen atoms in total. The van der Waals surface area contributed by atoms with Crippen LogP contribution in [-0.2, 0) is 6.42 Å². The highest BCUT2D eigenvalue weighted by Crippen LogP contribution is 2.32. The van der Waals surface area contributed by atoms with E-state index < -0.39 is 0 Å². The standard InChI is InChI=1S/C13H17N3O2/c1-8-6-9(2)12(17-3)10(7-8)13-15-11(4-5-14)18-16-13/h6-7H,4-5,14H2,1-3H3. The third-order valence-corrected chi connectivity index (χ3v) is 2.69. The summed E-state index contributed by atoms with van der Waals surface area (Å²) in [4.78, 5) is 4.32. The maximum Gasteiger partial charge on any atom is 0.228 e. The van der Waals surface area contributed by atoms with Crippen molar-refractivity contribution >= 4 is 0 Å². The summed E-state index contributed by atoms with van der Waals surface area (Å²) in [6, 6.07) is 4.05. The first-order valence-corrected chi connectivity index (χ1v) is 5.84. The van der Waals surface area contributed by atoms with E-state index in [0.29, 0.717) is 24.7 Å². The molecule has 1 aromatic heterocycles. The number of methoxy groups -OCH3 is 1. The van der Waals surface area contributed by atoms with Crippen LogP contribution in [0.4, 0.5) is 0 Å². The van der Waals surface area contributed by atoms with Gasteiger partial charge in [-0.3, -0.25) is 0 Å². The first-order chi connectivity index (χ1) is 8.65. The van der Waals surface area contributed by atoms with Gasteiger partial charge in [-0.05, 0) is 31.0 Å². The number of rotatable bonds is 4. The van der Waals surface area contributed by atoms with Gasteiger partial charge in [0.05, 0.1) is 12.7 Å². The average molecular weight is 247 g/mol. The van der Waals surface area contributed by atoms with Crippen molar-refractivity contribution in [2.24, 2.45) is 5.73 Å². The Kier molecular flexibility index (Phi) is 3.62. The van der Waals surface area contributed by atoms with Crippen molar-refractivity contribution in [3.05, 3.63) is 29.2 Å². The molecule has 96 valence electrons. The van der Waals surface area contributed by atoms with Crippen molar-refractivity contribution in [2.45, 2.75) is 20.3 Å². The normalized spacial score (nSPS) is 10.7. The second kappa shape index (κ2) is 5.18. The molecule has 0 aliphatic heterocycles. The number of hydrogen-bond donors (Lipinski definition) is 1. The Bertz CT molecular complexity index is 549. The van der Waals surface area contributed by atoms with Crippen LogP contribution in [0.5, 0.6) is 5.75 Å². The van der Waals surface area contributed by atoms with Crippen molar-refractivity contribution in [3.63, 3.8) is 0 Å². The molecule has 2 aromatic rings. The minimum absolute atomic E-state index is 0.492. The maximum absolute atomic E-state index is 5.46. The number of hydrogen-bond acceptors (Lipinski definition) is 5. The molecule has 18 heavy (non-hydrogen) atoms. The quantitative estimate of drug-likeness (QED) is 0.892. The lowest BCUT2D eigenvalue weighted by atomic mass is 10.1. The Hall–Kier alpha value is -1.88. The van der Waals surface area contributed by atoms with Crippen LogP contribution in [0.2, 0.25) is 0 Å². The third kappa shape index (κ3) is 2.36. The van der Waals surface area contributed by atoms with E-state index in [1.807, 2.05) is 19.9 Å². The van der Waals surface area contributed by atoms with Gasteiger partial charge in [0.25, 0.3) is 0 Å². The van der Waals surface area contributed by atoms with Gasteiger partial charge in [0, 0.05) is 13.0 Å². The Morgan fingerprint density at radius 1 is 1.33 bits per heavy atom. The summed E-state index contributed by atoms with van der Waals surface area (Å²) in [6.45, 7) is 4.51. The van der Waals surface area contributed by atoms with Crippen LogP contribution >= 0.6 is 0 Å². The van der Waals surface area contributed by atoms with Crippen molar-refractivity contribution < 1.29 is 9.26 Å². The molecule has 0 saturated heterocycles. The molecule has 0 aliphatic rings. The highest BCUT2D eigenvalue weighted by atomic mass is 16.5. The van der Waals surface area contributed by atoms with E-state index in [9.17, 15) is 0 Å². The highest BCUT2D eigenvalue weighted by Gasteiger charge is 2.15. The average Bonchev–Trinajstić information content (AvgIpc) is 2.77. The lowest BCUT2D eigenvalue weighted by Crippen LogP contribution is -2.02. The molecular formula is C13H17N3O2. The number of benzene rings is 1. The summed E-state index contributed by atoms with van der Waals surface area (Å²) >= 11 is 0. The van der Waals surface area contributed by atoms with Gasteiger partial charge in [-0.15, -0.1) is 0 Å². The molecule has 0 aliphatic carbocycles. The summed E-state index contributed by atoms with van der Waals surface area (Å²) in [5, 5.41) is 3.97. The van der Waals surface area contributed by atoms with Crippen LogP contribution < -0.4 is 10.5 Å². The van der Waals surface area contributed by atoms with E-state index >= 15 is 0 Å². The fourth-order valence-electron chi connectivity index (χ4n) is 1.98. The van der Waals surface area contributed by atoms with E-state index in [2.05, 4.69) is 16.2 Å². The van der Waals surface area contributed by atoms with Gasteiger partial charge in [0.15, 0.2) is 0 Å². The molecule has 0 atom stereocenters. The predicted molar refractivity (Wildman–Crippen MR) is 68.5 cm³/mol. The zero-order valence-electron chi connectivity index (χ0n) is 10.9. The van der Waals surface area contributed by atoms with E-state index in [1.165, 1.54) is 0 Å². The van der Waals surface area contributed by atoms with Crippen molar-refractivity contribution in [1.82, 2.24) is 10.1 Å². The van der Waals surface area contributed by atoms with E-state index in [1.54, 1.807) is 7.11 Å². The number of ether oxygens (including phenoxy) is 1. The Morgan fingerprint density at radius 3 is 2.78 bits per heavy atom. The smallest absolute Gasteiger partial charge is 0.228 e. The topological polar surface area (TPSA) is 74.2 Å². The molecule has 0 unspecified atom stereocenters. The summed E-state index contributed by atoms with van der Waals surface area (Å²) in [7, 11) is 1.64. The van der Waals surface area contributed by atoms with Gasteiger partial charge in [-0.25, -0.2) is 0 Å². The van der Waals surface area contributed by atoms with Crippen LogP contribution in [-0.4, -0.2) is 23.8 Å². The number of nitrogens with zero attached hydrogens (tertiary/aromatic N) is 2. The Morgan fingerprint density at radius 2 is 2.11 bits per heavy atom. The Balaban J connectivity index is 2.48. The molecule has 0 radical (unpaired) electrons. The van der Waals surface area contributed by atoms with Gasteiger partial charge in [-0.2, -0.15) is 4.98 Å². The molecular weight excluding hydrogens is 230 g/mol. The SMILES string of the molecule is COc1c(C)cc(C)cc1-c1noc(CCN)n1. The summed E-state index contributed by atoms with van der Waals surface area (Å²) in [5.74, 6) is 1.87. The molecule has 1 heterocycles. The monoisotopic (exact) mass is 247 g/mol. The number of aryl methyl sites for hydroxylation is 2. The maximum atomic E-state index is 5.46. The van der Waals surface area contributed by atoms with Crippen LogP contribution in [0.1, 0.15) is 17.0 Å². The fraction of sp³-hybridized carbons (Fsp3) is 0.385. The third-order valence-electron chi connectivity index (χ3n) is 2.69. The lowest BCUT2D eigenvalue weighted by Gasteiger charge is -2.09. The molecule has 0 saturated carbocycles. The van der Waals surface area contributed by atoms with E-state index in [-0.39, 0.29) is 0 Å². The minimum Gasteiger partial charge on any atom is -0.496 e. The lowest BCUT2D eigenvalue weighted by molar-refractivity contribution is 0.379. The summed E-state index contributed by atoms with van der Waals surface area (Å²) in [6.07, 6.45) is 0.583. The van der Waals surface area contributed by atoms with Crippen molar-refractivity contribution in [1.29, 1.82) is 0 Å². The largest absolute Gasteiger partial charge is 0.496 e. The summed E-state index contributed by atoms with van der Waals surface area (Å²) < 4.78 is 10.6. The van der Waals surface area contributed by atoms with Crippen LogP contribution in [0.15, 0.2) is 16.7 Å². The minimum atomic E-state index is 0.492. The van der Waals surface area contributed by atoms with E-state index in [0.717, 1.165) is 22.4 Å². The van der Waals surface area contributed by atoms with Gasteiger partial charge in [0.2, 0.25) is 11.7 Å². The number of aromatic nitrogens is 2. The molecule has 0 bridgehead atoms. The molecule has 1 aromatic carbocycles. The molecule has 0 amide bonds. The first kappa shape index (κ1) is 12.6. The van der Waals surface area contributed by atoms with Crippen LogP contribution in [0.25, 0.3) is 11.4 Å². The van der Waals surface area contributed by atoms with Gasteiger partial charge in [0.1, 0.15) is 5.75 Å². The molecule has 0 spiro atoms. The Labute approximate surface area is 106 Å². The van der Waals surface area contributed by atoms with Gasteiger partial charge >= 0.3 is 0 Å². The van der Waals surface area contributed by atoms with Crippen LogP contribution in [0, 0.1) is 13.8 Å². The second-order valence-electron chi connectivity index (χ2n) is 4.21. The van der Waals surface area contributed by atoms with Crippen molar-refractivity contribution in [2.75, 3.05) is 13.7 Å². The zero-order valence-corrected chi connectivity index (χ0v) is 10.9. The first-order valence-electron chi connectivity index (χ1n) is 5.84. The predicted octanol–water partition coefficient (Wildman–Crippen LogP) is 1.86. The van der Waals surface area contributed by atoms with Crippen LogP contribution in [0.3, 0.4) is 0 Å². The van der Waals surface area contributed by atoms with Gasteiger partial charge in [-0.1, -0.05) is 11.2 Å². The fourth-order valence-corrected chi connectivity index (χ4v) is 1.98. The van der Waals surface area contributed by atoms with Gasteiger partial charge < -0.3 is 15.0 Å². The molecule has 2 rings (SSSR count). The number of nitrogens with two attached hydrogens (primary N) is 1. The molecule has 5 heteroatoms.